The summed E-state index contributed by atoms with van der Waals surface area (Å²) >= 11 is 0. The van der Waals surface area contributed by atoms with E-state index in [4.69, 9.17) is 9.72 Å². The molecule has 1 aliphatic rings. The third-order valence-corrected chi connectivity index (χ3v) is 5.50. The van der Waals surface area contributed by atoms with Gasteiger partial charge in [0.2, 0.25) is 5.95 Å². The van der Waals surface area contributed by atoms with Crippen LogP contribution in [0.5, 0.6) is 0 Å². The summed E-state index contributed by atoms with van der Waals surface area (Å²) < 4.78 is 20.9. The molecule has 0 radical (unpaired) electrons. The topological polar surface area (TPSA) is 77.8 Å². The number of halogens is 1. The van der Waals surface area contributed by atoms with Gasteiger partial charge in [-0.2, -0.15) is 0 Å². The van der Waals surface area contributed by atoms with E-state index >= 15 is 0 Å². The van der Waals surface area contributed by atoms with Crippen molar-refractivity contribution in [2.24, 2.45) is 0 Å². The summed E-state index contributed by atoms with van der Waals surface area (Å²) in [5, 5.41) is 12.1. The molecule has 1 N–H and O–H groups in total. The van der Waals surface area contributed by atoms with Crippen LogP contribution in [0.1, 0.15) is 18.0 Å². The summed E-state index contributed by atoms with van der Waals surface area (Å²) in [6.45, 7) is 1.98. The predicted octanol–water partition coefficient (Wildman–Crippen LogP) is 4.16. The van der Waals surface area contributed by atoms with Crippen molar-refractivity contribution in [3.63, 3.8) is 0 Å². The molecule has 0 amide bonds. The zero-order chi connectivity index (χ0) is 21.8. The van der Waals surface area contributed by atoms with E-state index in [0.717, 1.165) is 24.1 Å². The van der Waals surface area contributed by atoms with Gasteiger partial charge >= 0.3 is 0 Å². The highest BCUT2D eigenvalue weighted by molar-refractivity contribution is 5.76. The van der Waals surface area contributed by atoms with Crippen molar-refractivity contribution in [1.82, 2.24) is 25.0 Å². The monoisotopic (exact) mass is 430 g/mol. The average molecular weight is 430 g/mol. The first kappa shape index (κ1) is 20.3. The van der Waals surface area contributed by atoms with Crippen LogP contribution in [-0.4, -0.2) is 44.7 Å². The van der Waals surface area contributed by atoms with Crippen LogP contribution in [-0.2, 0) is 11.2 Å². The van der Waals surface area contributed by atoms with Gasteiger partial charge in [0.25, 0.3) is 0 Å². The van der Waals surface area contributed by atoms with Gasteiger partial charge in [-0.1, -0.05) is 35.5 Å². The zero-order valence-corrected chi connectivity index (χ0v) is 17.5. The number of nitrogens with zero attached hydrogens (tertiary/aromatic N) is 5. The van der Waals surface area contributed by atoms with E-state index in [-0.39, 0.29) is 11.9 Å². The van der Waals surface area contributed by atoms with Gasteiger partial charge in [-0.15, -0.1) is 5.10 Å². The minimum absolute atomic E-state index is 0.0798. The Labute approximate surface area is 185 Å². The van der Waals surface area contributed by atoms with Crippen molar-refractivity contribution in [2.45, 2.75) is 18.9 Å². The Balaban J connectivity index is 1.45. The zero-order valence-electron chi connectivity index (χ0n) is 17.5. The molecule has 5 rings (SSSR count). The van der Waals surface area contributed by atoms with Crippen LogP contribution in [0.4, 0.5) is 10.3 Å². The van der Waals surface area contributed by atoms with Crippen LogP contribution in [0, 0.1) is 5.82 Å². The Morgan fingerprint density at radius 1 is 1.06 bits per heavy atom. The summed E-state index contributed by atoms with van der Waals surface area (Å²) in [6, 6.07) is 18.5. The quantitative estimate of drug-likeness (QED) is 0.474. The van der Waals surface area contributed by atoms with Crippen molar-refractivity contribution in [1.29, 1.82) is 0 Å². The van der Waals surface area contributed by atoms with Crippen molar-refractivity contribution in [3.8, 4) is 22.6 Å². The van der Waals surface area contributed by atoms with Crippen molar-refractivity contribution in [3.05, 3.63) is 78.2 Å². The third kappa shape index (κ3) is 4.36. The highest BCUT2D eigenvalue weighted by Crippen LogP contribution is 2.33. The van der Waals surface area contributed by atoms with E-state index in [1.165, 1.54) is 17.7 Å². The molecule has 0 saturated carbocycles. The van der Waals surface area contributed by atoms with Gasteiger partial charge in [-0.05, 0) is 48.7 Å². The fourth-order valence-corrected chi connectivity index (χ4v) is 3.84. The van der Waals surface area contributed by atoms with E-state index in [1.807, 2.05) is 28.9 Å². The molecule has 32 heavy (non-hydrogen) atoms. The number of anilines is 1. The predicted molar refractivity (Wildman–Crippen MR) is 120 cm³/mol. The molecule has 1 fully saturated rings. The fraction of sp³-hybridized carbons (Fsp3) is 0.250. The van der Waals surface area contributed by atoms with Gasteiger partial charge in [0.05, 0.1) is 18.3 Å². The van der Waals surface area contributed by atoms with Gasteiger partial charge in [0, 0.05) is 24.9 Å². The van der Waals surface area contributed by atoms with Crippen molar-refractivity contribution in [2.75, 3.05) is 25.1 Å². The second-order valence-corrected chi connectivity index (χ2v) is 7.68. The van der Waals surface area contributed by atoms with Gasteiger partial charge in [0.1, 0.15) is 17.2 Å². The molecule has 3 heterocycles. The van der Waals surface area contributed by atoms with Crippen LogP contribution in [0.2, 0.25) is 0 Å². The molecule has 1 aliphatic heterocycles. The number of ether oxygens (including phenoxy) is 1. The molecule has 2 aromatic heterocycles. The number of hydrogen-bond donors (Lipinski definition) is 1. The van der Waals surface area contributed by atoms with Crippen LogP contribution in [0.25, 0.3) is 22.6 Å². The van der Waals surface area contributed by atoms with Gasteiger partial charge < -0.3 is 10.1 Å². The second-order valence-electron chi connectivity index (χ2n) is 7.68. The SMILES string of the molecule is Fc1ccc(-c2nnn(C3CCOC3)c2-c2ccnc(NCCc3ccccc3)n2)cc1. The van der Waals surface area contributed by atoms with Crippen molar-refractivity contribution < 1.29 is 9.13 Å². The lowest BCUT2D eigenvalue weighted by atomic mass is 10.1. The highest BCUT2D eigenvalue weighted by atomic mass is 19.1. The van der Waals surface area contributed by atoms with E-state index in [1.54, 1.807) is 18.3 Å². The Morgan fingerprint density at radius 3 is 2.69 bits per heavy atom. The van der Waals surface area contributed by atoms with Crippen LogP contribution in [0.3, 0.4) is 0 Å². The molecular weight excluding hydrogens is 407 g/mol. The maximum Gasteiger partial charge on any atom is 0.223 e. The summed E-state index contributed by atoms with van der Waals surface area (Å²) in [7, 11) is 0. The molecular formula is C24H23FN6O. The Bertz CT molecular complexity index is 1170. The Hall–Kier alpha value is -3.65. The summed E-state index contributed by atoms with van der Waals surface area (Å²) in [4.78, 5) is 9.12. The summed E-state index contributed by atoms with van der Waals surface area (Å²) in [5.41, 5.74) is 4.17. The minimum Gasteiger partial charge on any atom is -0.379 e. The Kier molecular flexibility index (Phi) is 5.85. The van der Waals surface area contributed by atoms with E-state index in [9.17, 15) is 4.39 Å². The fourth-order valence-electron chi connectivity index (χ4n) is 3.84. The lowest BCUT2D eigenvalue weighted by Crippen LogP contribution is -2.13. The number of hydrogen-bond acceptors (Lipinski definition) is 6. The first-order valence-corrected chi connectivity index (χ1v) is 10.7. The molecule has 1 unspecified atom stereocenters. The van der Waals surface area contributed by atoms with Gasteiger partial charge in [-0.25, -0.2) is 19.0 Å². The van der Waals surface area contributed by atoms with Crippen molar-refractivity contribution >= 4 is 5.95 Å². The third-order valence-electron chi connectivity index (χ3n) is 5.50. The minimum atomic E-state index is -0.293. The number of rotatable bonds is 7. The molecule has 4 aromatic rings. The molecule has 0 spiro atoms. The molecule has 162 valence electrons. The largest absolute Gasteiger partial charge is 0.379 e. The number of nitrogens with one attached hydrogen (secondary N) is 1. The standard InChI is InChI=1S/C24H23FN6O/c25-19-8-6-18(7-9-19)22-23(31(30-29-22)20-12-15-32-16-20)21-11-14-27-24(28-21)26-13-10-17-4-2-1-3-5-17/h1-9,11,14,20H,10,12-13,15-16H2,(H,26,27,28). The first-order valence-electron chi connectivity index (χ1n) is 10.7. The molecule has 8 heteroatoms. The summed E-state index contributed by atoms with van der Waals surface area (Å²) in [5.74, 6) is 0.248. The number of benzene rings is 2. The van der Waals surface area contributed by atoms with E-state index in [2.05, 4.69) is 32.7 Å². The average Bonchev–Trinajstić information content (AvgIpc) is 3.51. The van der Waals surface area contributed by atoms with E-state index in [0.29, 0.717) is 37.1 Å². The highest BCUT2D eigenvalue weighted by Gasteiger charge is 2.26. The molecule has 0 aliphatic carbocycles. The maximum atomic E-state index is 13.5. The van der Waals surface area contributed by atoms with Gasteiger partial charge in [-0.3, -0.25) is 0 Å². The number of aromatic nitrogens is 5. The Morgan fingerprint density at radius 2 is 1.91 bits per heavy atom. The normalized spacial score (nSPS) is 15.7. The second kappa shape index (κ2) is 9.23. The lowest BCUT2D eigenvalue weighted by Gasteiger charge is -2.13. The van der Waals surface area contributed by atoms with Gasteiger partial charge in [0.15, 0.2) is 0 Å². The molecule has 7 nitrogen and oxygen atoms in total. The van der Waals surface area contributed by atoms with Crippen LogP contribution in [0.15, 0.2) is 66.9 Å². The summed E-state index contributed by atoms with van der Waals surface area (Å²) in [6.07, 6.45) is 3.45. The first-order chi connectivity index (χ1) is 15.8. The van der Waals surface area contributed by atoms with E-state index < -0.39 is 0 Å². The molecule has 1 atom stereocenters. The lowest BCUT2D eigenvalue weighted by molar-refractivity contribution is 0.184. The molecule has 0 bridgehead atoms. The molecule has 2 aromatic carbocycles. The molecule has 1 saturated heterocycles. The van der Waals surface area contributed by atoms with Crippen LogP contribution < -0.4 is 5.32 Å². The van der Waals surface area contributed by atoms with Crippen LogP contribution >= 0.6 is 0 Å². The smallest absolute Gasteiger partial charge is 0.223 e. The maximum absolute atomic E-state index is 13.5.